The molecule has 4 nitrogen and oxygen atoms in total. The normalized spacial score (nSPS) is 11.9. The van der Waals surface area contributed by atoms with E-state index in [0.29, 0.717) is 6.42 Å². The Balaban J connectivity index is 2.15. The van der Waals surface area contributed by atoms with Crippen molar-refractivity contribution in [1.29, 1.82) is 0 Å². The van der Waals surface area contributed by atoms with Gasteiger partial charge < -0.3 is 10.5 Å². The third-order valence-corrected chi connectivity index (χ3v) is 3.24. The van der Waals surface area contributed by atoms with Gasteiger partial charge in [0.05, 0.1) is 7.11 Å². The molecular formula is C16H18N2O2. The van der Waals surface area contributed by atoms with Crippen LogP contribution in [0.15, 0.2) is 42.7 Å². The van der Waals surface area contributed by atoms with Gasteiger partial charge in [0.2, 0.25) is 0 Å². The second kappa shape index (κ2) is 6.30. The van der Waals surface area contributed by atoms with Crippen molar-refractivity contribution < 1.29 is 9.53 Å². The van der Waals surface area contributed by atoms with Gasteiger partial charge in [-0.3, -0.25) is 9.78 Å². The van der Waals surface area contributed by atoms with Crippen LogP contribution in [0.1, 0.15) is 11.1 Å². The highest BCUT2D eigenvalue weighted by molar-refractivity contribution is 5.75. The van der Waals surface area contributed by atoms with Gasteiger partial charge in [-0.25, -0.2) is 0 Å². The van der Waals surface area contributed by atoms with Crippen molar-refractivity contribution in [1.82, 2.24) is 4.98 Å². The summed E-state index contributed by atoms with van der Waals surface area (Å²) in [5.41, 5.74) is 10.2. The molecule has 1 aromatic carbocycles. The first-order chi connectivity index (χ1) is 9.61. The first-order valence-electron chi connectivity index (χ1n) is 6.45. The summed E-state index contributed by atoms with van der Waals surface area (Å²) in [6.45, 7) is 2.03. The van der Waals surface area contributed by atoms with Crippen LogP contribution in [0.25, 0.3) is 11.1 Å². The molecule has 0 saturated heterocycles. The van der Waals surface area contributed by atoms with E-state index in [0.717, 1.165) is 22.3 Å². The highest BCUT2D eigenvalue weighted by atomic mass is 16.5. The van der Waals surface area contributed by atoms with Crippen LogP contribution in [0.3, 0.4) is 0 Å². The van der Waals surface area contributed by atoms with E-state index in [1.165, 1.54) is 7.11 Å². The van der Waals surface area contributed by atoms with Crippen molar-refractivity contribution >= 4 is 5.97 Å². The molecule has 1 unspecified atom stereocenters. The fraction of sp³-hybridized carbons (Fsp3) is 0.250. The Morgan fingerprint density at radius 2 is 2.00 bits per heavy atom. The van der Waals surface area contributed by atoms with Crippen LogP contribution < -0.4 is 5.73 Å². The Bertz CT molecular complexity index is 594. The van der Waals surface area contributed by atoms with Crippen LogP contribution in [0.4, 0.5) is 0 Å². The summed E-state index contributed by atoms with van der Waals surface area (Å²) in [4.78, 5) is 15.4. The van der Waals surface area contributed by atoms with Gasteiger partial charge in [0, 0.05) is 12.4 Å². The molecule has 0 fully saturated rings. The summed E-state index contributed by atoms with van der Waals surface area (Å²) >= 11 is 0. The van der Waals surface area contributed by atoms with Crippen LogP contribution in [0.2, 0.25) is 0 Å². The molecule has 0 aliphatic heterocycles. The number of hydrogen-bond acceptors (Lipinski definition) is 4. The highest BCUT2D eigenvalue weighted by Crippen LogP contribution is 2.22. The van der Waals surface area contributed by atoms with Gasteiger partial charge >= 0.3 is 5.97 Å². The maximum absolute atomic E-state index is 11.3. The summed E-state index contributed by atoms with van der Waals surface area (Å²) in [7, 11) is 1.34. The maximum atomic E-state index is 11.3. The van der Waals surface area contributed by atoms with Crippen molar-refractivity contribution in [2.75, 3.05) is 7.11 Å². The summed E-state index contributed by atoms with van der Waals surface area (Å²) in [6.07, 6.45) is 4.10. The number of methoxy groups -OCH3 is 1. The Morgan fingerprint density at radius 1 is 1.30 bits per heavy atom. The predicted octanol–water partition coefficient (Wildman–Crippen LogP) is 2.10. The topological polar surface area (TPSA) is 65.2 Å². The number of carbonyl (C=O) groups excluding carboxylic acids is 1. The quantitative estimate of drug-likeness (QED) is 0.864. The van der Waals surface area contributed by atoms with Gasteiger partial charge in [-0.2, -0.15) is 0 Å². The second-order valence-electron chi connectivity index (χ2n) is 4.72. The SMILES string of the molecule is COC(=O)C(N)Cc1ccc(-c2ccncc2C)cc1. The lowest BCUT2D eigenvalue weighted by atomic mass is 9.99. The van der Waals surface area contributed by atoms with E-state index in [4.69, 9.17) is 5.73 Å². The molecule has 1 heterocycles. The van der Waals surface area contributed by atoms with Gasteiger partial charge in [0.15, 0.2) is 0 Å². The van der Waals surface area contributed by atoms with Crippen molar-refractivity contribution in [2.24, 2.45) is 5.73 Å². The number of ether oxygens (including phenoxy) is 1. The number of carbonyl (C=O) groups is 1. The average molecular weight is 270 g/mol. The van der Waals surface area contributed by atoms with E-state index in [2.05, 4.69) is 9.72 Å². The molecule has 104 valence electrons. The number of aryl methyl sites for hydroxylation is 1. The molecule has 0 spiro atoms. The third kappa shape index (κ3) is 3.22. The number of nitrogens with zero attached hydrogens (tertiary/aromatic N) is 1. The lowest BCUT2D eigenvalue weighted by Crippen LogP contribution is -2.33. The van der Waals surface area contributed by atoms with Crippen LogP contribution in [0.5, 0.6) is 0 Å². The molecule has 0 bridgehead atoms. The molecule has 4 heteroatoms. The first kappa shape index (κ1) is 14.2. The first-order valence-corrected chi connectivity index (χ1v) is 6.45. The monoisotopic (exact) mass is 270 g/mol. The molecule has 0 amide bonds. The van der Waals surface area contributed by atoms with Crippen molar-refractivity contribution in [3.8, 4) is 11.1 Å². The van der Waals surface area contributed by atoms with Gasteiger partial charge in [-0.15, -0.1) is 0 Å². The average Bonchev–Trinajstić information content (AvgIpc) is 2.48. The van der Waals surface area contributed by atoms with Gasteiger partial charge in [0.1, 0.15) is 6.04 Å². The lowest BCUT2D eigenvalue weighted by molar-refractivity contribution is -0.142. The zero-order valence-electron chi connectivity index (χ0n) is 11.7. The van der Waals surface area contributed by atoms with Crippen molar-refractivity contribution in [2.45, 2.75) is 19.4 Å². The van der Waals surface area contributed by atoms with Crippen molar-refractivity contribution in [3.05, 3.63) is 53.9 Å². The smallest absolute Gasteiger partial charge is 0.322 e. The number of benzene rings is 1. The summed E-state index contributed by atoms with van der Waals surface area (Å²) in [5.74, 6) is -0.390. The summed E-state index contributed by atoms with van der Waals surface area (Å²) in [6, 6.07) is 9.40. The van der Waals surface area contributed by atoms with Gasteiger partial charge in [0.25, 0.3) is 0 Å². The van der Waals surface area contributed by atoms with Gasteiger partial charge in [-0.05, 0) is 41.7 Å². The molecule has 2 aromatic rings. The zero-order valence-corrected chi connectivity index (χ0v) is 11.7. The molecule has 0 radical (unpaired) electrons. The summed E-state index contributed by atoms with van der Waals surface area (Å²) < 4.78 is 4.62. The summed E-state index contributed by atoms with van der Waals surface area (Å²) in [5, 5.41) is 0. The number of aromatic nitrogens is 1. The molecule has 2 rings (SSSR count). The molecule has 1 atom stereocenters. The van der Waals surface area contributed by atoms with E-state index < -0.39 is 6.04 Å². The lowest BCUT2D eigenvalue weighted by Gasteiger charge is -2.10. The van der Waals surface area contributed by atoms with Crippen molar-refractivity contribution in [3.63, 3.8) is 0 Å². The van der Waals surface area contributed by atoms with Gasteiger partial charge in [-0.1, -0.05) is 24.3 Å². The van der Waals surface area contributed by atoms with E-state index in [9.17, 15) is 4.79 Å². The Morgan fingerprint density at radius 3 is 2.60 bits per heavy atom. The largest absolute Gasteiger partial charge is 0.468 e. The van der Waals surface area contributed by atoms with E-state index in [1.54, 1.807) is 6.20 Å². The van der Waals surface area contributed by atoms with E-state index in [1.807, 2.05) is 43.5 Å². The third-order valence-electron chi connectivity index (χ3n) is 3.24. The number of esters is 1. The molecule has 0 aliphatic carbocycles. The number of nitrogens with two attached hydrogens (primary N) is 1. The number of pyridine rings is 1. The molecule has 0 aliphatic rings. The minimum Gasteiger partial charge on any atom is -0.468 e. The molecule has 1 aromatic heterocycles. The fourth-order valence-electron chi connectivity index (χ4n) is 2.11. The highest BCUT2D eigenvalue weighted by Gasteiger charge is 2.14. The van der Waals surface area contributed by atoms with Crippen LogP contribution >= 0.6 is 0 Å². The fourth-order valence-corrected chi connectivity index (χ4v) is 2.11. The number of hydrogen-bond donors (Lipinski definition) is 1. The molecule has 2 N–H and O–H groups in total. The Labute approximate surface area is 118 Å². The van der Waals surface area contributed by atoms with E-state index >= 15 is 0 Å². The van der Waals surface area contributed by atoms with E-state index in [-0.39, 0.29) is 5.97 Å². The minimum absolute atomic E-state index is 0.390. The Kier molecular flexibility index (Phi) is 4.48. The second-order valence-corrected chi connectivity index (χ2v) is 4.72. The standard InChI is InChI=1S/C16H18N2O2/c1-11-10-18-8-7-14(11)13-5-3-12(4-6-13)9-15(17)16(19)20-2/h3-8,10,15H,9,17H2,1-2H3. The van der Waals surface area contributed by atoms with Crippen LogP contribution in [-0.4, -0.2) is 24.1 Å². The number of rotatable bonds is 4. The molecule has 20 heavy (non-hydrogen) atoms. The van der Waals surface area contributed by atoms with Crippen LogP contribution in [-0.2, 0) is 16.0 Å². The zero-order chi connectivity index (χ0) is 14.5. The predicted molar refractivity (Wildman–Crippen MR) is 78.1 cm³/mol. The molecule has 0 saturated carbocycles. The minimum atomic E-state index is -0.617. The van der Waals surface area contributed by atoms with Crippen LogP contribution in [0, 0.1) is 6.92 Å². The Hall–Kier alpha value is -2.20. The molecular weight excluding hydrogens is 252 g/mol. The maximum Gasteiger partial charge on any atom is 0.322 e.